The highest BCUT2D eigenvalue weighted by Crippen LogP contribution is 2.25. The molecule has 0 aromatic heterocycles. The van der Waals surface area contributed by atoms with Gasteiger partial charge in [0.2, 0.25) is 0 Å². The predicted molar refractivity (Wildman–Crippen MR) is 50.0 cm³/mol. The van der Waals surface area contributed by atoms with Crippen molar-refractivity contribution in [1.29, 1.82) is 0 Å². The molecule has 15 heavy (non-hydrogen) atoms. The summed E-state index contributed by atoms with van der Waals surface area (Å²) in [5.41, 5.74) is 0. The van der Waals surface area contributed by atoms with E-state index in [1.54, 1.807) is 0 Å². The highest BCUT2D eigenvalue weighted by Gasteiger charge is 2.52. The minimum Gasteiger partial charge on any atom is -0.193 e. The highest BCUT2D eigenvalue weighted by molar-refractivity contribution is 8.16. The zero-order valence-electron chi connectivity index (χ0n) is 8.02. The lowest BCUT2D eigenvalue weighted by Gasteiger charge is -2.33. The fourth-order valence-electron chi connectivity index (χ4n) is 0.843. The van der Waals surface area contributed by atoms with Crippen molar-refractivity contribution >= 4 is 30.6 Å². The van der Waals surface area contributed by atoms with Crippen LogP contribution in [0.15, 0.2) is 0 Å². The summed E-state index contributed by atoms with van der Waals surface area (Å²) in [7, 11) is -11.3. The summed E-state index contributed by atoms with van der Waals surface area (Å²) in [6.07, 6.45) is 0. The second-order valence-corrected chi connectivity index (χ2v) is 9.33. The normalized spacial score (nSPS) is 31.4. The predicted octanol–water partition coefficient (Wildman–Crippen LogP) is -2.47. The molecular formula is C3H9N3O6S3. The molecule has 1 fully saturated rings. The van der Waals surface area contributed by atoms with Gasteiger partial charge < -0.3 is 0 Å². The van der Waals surface area contributed by atoms with Crippen LogP contribution in [0.3, 0.4) is 0 Å². The van der Waals surface area contributed by atoms with Crippen LogP contribution in [-0.4, -0.2) is 57.5 Å². The summed E-state index contributed by atoms with van der Waals surface area (Å²) in [6.45, 7) is 0. The minimum absolute atomic E-state index is 0.0128. The first kappa shape index (κ1) is 12.8. The molecule has 0 aromatic rings. The first-order valence-corrected chi connectivity index (χ1v) is 7.63. The van der Waals surface area contributed by atoms with Gasteiger partial charge in [-0.1, -0.05) is 11.1 Å². The average Bonchev–Trinajstić information content (AvgIpc) is 2.12. The molecule has 0 bridgehead atoms. The number of hydrogen-bond donors (Lipinski definition) is 0. The van der Waals surface area contributed by atoms with E-state index in [1.165, 1.54) is 0 Å². The van der Waals surface area contributed by atoms with Crippen LogP contribution in [0.1, 0.15) is 0 Å². The lowest BCUT2D eigenvalue weighted by molar-refractivity contribution is 0.432. The van der Waals surface area contributed by atoms with Gasteiger partial charge in [-0.15, -0.1) is 0 Å². The molecule has 1 heterocycles. The Morgan fingerprint density at radius 3 is 0.800 bits per heavy atom. The maximum absolute atomic E-state index is 11.4. The Labute approximate surface area is 88.4 Å². The topological polar surface area (TPSA) is 112 Å². The molecule has 0 saturated carbocycles. The largest absolute Gasteiger partial charge is 0.309 e. The van der Waals surface area contributed by atoms with E-state index >= 15 is 0 Å². The Morgan fingerprint density at radius 1 is 0.533 bits per heavy atom. The zero-order chi connectivity index (χ0) is 12.2. The molecular weight excluding hydrogens is 270 g/mol. The molecule has 1 aliphatic rings. The Hall–Kier alpha value is -0.270. The third-order valence-electron chi connectivity index (χ3n) is 1.95. The van der Waals surface area contributed by atoms with Gasteiger partial charge in [0, 0.05) is 21.1 Å². The number of rotatable bonds is 0. The molecule has 0 radical (unpaired) electrons. The van der Waals surface area contributed by atoms with E-state index in [4.69, 9.17) is 0 Å². The van der Waals surface area contributed by atoms with Crippen LogP contribution < -0.4 is 0 Å². The number of nitrogens with zero attached hydrogens (tertiary/aromatic N) is 3. The number of hydrogen-bond acceptors (Lipinski definition) is 6. The standard InChI is InChI=1S/C3H9N3O6S3/c1-4-13(7,8)5(2)15(11,12)6(3)14(4,9)10/h1-3H3. The quantitative estimate of drug-likeness (QED) is 0.485. The van der Waals surface area contributed by atoms with Gasteiger partial charge in [-0.2, -0.15) is 25.3 Å². The maximum atomic E-state index is 11.4. The molecule has 0 amide bonds. The van der Waals surface area contributed by atoms with Crippen molar-refractivity contribution in [2.75, 3.05) is 21.1 Å². The highest BCUT2D eigenvalue weighted by atomic mass is 32.3. The lowest BCUT2D eigenvalue weighted by atomic mass is 11.6. The Bertz CT molecular complexity index is 457. The van der Waals surface area contributed by atoms with E-state index in [2.05, 4.69) is 0 Å². The van der Waals surface area contributed by atoms with Crippen LogP contribution in [0.5, 0.6) is 0 Å². The Balaban J connectivity index is 3.67. The van der Waals surface area contributed by atoms with Crippen molar-refractivity contribution in [1.82, 2.24) is 11.1 Å². The van der Waals surface area contributed by atoms with E-state index in [0.29, 0.717) is 0 Å². The molecule has 12 heteroatoms. The average molecular weight is 279 g/mol. The second kappa shape index (κ2) is 3.11. The maximum Gasteiger partial charge on any atom is 0.309 e. The molecule has 0 atom stereocenters. The fourth-order valence-corrected chi connectivity index (χ4v) is 6.85. The first-order valence-electron chi connectivity index (χ1n) is 3.44. The molecule has 0 spiro atoms. The third-order valence-corrected chi connectivity index (χ3v) is 9.24. The molecule has 0 aliphatic carbocycles. The zero-order valence-corrected chi connectivity index (χ0v) is 10.5. The molecule has 0 unspecified atom stereocenters. The van der Waals surface area contributed by atoms with Crippen molar-refractivity contribution in [2.24, 2.45) is 0 Å². The van der Waals surface area contributed by atoms with Gasteiger partial charge >= 0.3 is 30.6 Å². The van der Waals surface area contributed by atoms with Crippen molar-refractivity contribution < 1.29 is 25.3 Å². The summed E-state index contributed by atoms with van der Waals surface area (Å²) in [5, 5.41) is 0. The molecule has 1 rings (SSSR count). The van der Waals surface area contributed by atoms with Gasteiger partial charge in [-0.05, 0) is 0 Å². The Morgan fingerprint density at radius 2 is 0.667 bits per heavy atom. The lowest BCUT2D eigenvalue weighted by Crippen LogP contribution is -2.59. The van der Waals surface area contributed by atoms with Crippen LogP contribution in [0.4, 0.5) is 0 Å². The minimum atomic E-state index is -4.54. The van der Waals surface area contributed by atoms with Crippen molar-refractivity contribution in [3.8, 4) is 0 Å². The van der Waals surface area contributed by atoms with Crippen LogP contribution >= 0.6 is 0 Å². The van der Waals surface area contributed by atoms with Gasteiger partial charge in [-0.3, -0.25) is 0 Å². The van der Waals surface area contributed by atoms with E-state index in [1.807, 2.05) is 0 Å². The summed E-state index contributed by atoms with van der Waals surface area (Å²) in [4.78, 5) is 0. The SMILES string of the molecule is CN1S(=O)(=O)N(C)S(=O)(=O)N(C)S1(=O)=O. The van der Waals surface area contributed by atoms with E-state index < -0.39 is 30.6 Å². The van der Waals surface area contributed by atoms with E-state index in [0.717, 1.165) is 21.1 Å². The van der Waals surface area contributed by atoms with Gasteiger partial charge in [0.15, 0.2) is 0 Å². The van der Waals surface area contributed by atoms with Gasteiger partial charge in [-0.25, -0.2) is 0 Å². The molecule has 1 aliphatic heterocycles. The molecule has 90 valence electrons. The summed E-state index contributed by atoms with van der Waals surface area (Å²) >= 11 is 0. The Kier molecular flexibility index (Phi) is 2.66. The van der Waals surface area contributed by atoms with Gasteiger partial charge in [0.25, 0.3) is 0 Å². The van der Waals surface area contributed by atoms with Crippen molar-refractivity contribution in [3.05, 3.63) is 0 Å². The van der Waals surface area contributed by atoms with Crippen LogP contribution in [0, 0.1) is 0 Å². The second-order valence-electron chi connectivity index (χ2n) is 2.66. The summed E-state index contributed by atoms with van der Waals surface area (Å²) in [6, 6.07) is 0. The molecule has 9 nitrogen and oxygen atoms in total. The van der Waals surface area contributed by atoms with Crippen molar-refractivity contribution in [3.63, 3.8) is 0 Å². The van der Waals surface area contributed by atoms with E-state index in [-0.39, 0.29) is 11.1 Å². The fraction of sp³-hybridized carbons (Fsp3) is 1.00. The summed E-state index contributed by atoms with van der Waals surface area (Å²) < 4.78 is 68.1. The smallest absolute Gasteiger partial charge is 0.193 e. The molecule has 0 N–H and O–H groups in total. The van der Waals surface area contributed by atoms with Crippen LogP contribution in [-0.2, 0) is 30.6 Å². The monoisotopic (exact) mass is 279 g/mol. The third kappa shape index (κ3) is 1.48. The first-order chi connectivity index (χ1) is 6.46. The van der Waals surface area contributed by atoms with Gasteiger partial charge in [0.1, 0.15) is 0 Å². The van der Waals surface area contributed by atoms with Gasteiger partial charge in [0.05, 0.1) is 0 Å². The molecule has 0 aromatic carbocycles. The van der Waals surface area contributed by atoms with Crippen molar-refractivity contribution in [2.45, 2.75) is 0 Å². The molecule has 1 saturated heterocycles. The van der Waals surface area contributed by atoms with Crippen LogP contribution in [0.25, 0.3) is 0 Å². The van der Waals surface area contributed by atoms with Crippen LogP contribution in [0.2, 0.25) is 0 Å². The summed E-state index contributed by atoms with van der Waals surface area (Å²) in [5.74, 6) is 0. The van der Waals surface area contributed by atoms with E-state index in [9.17, 15) is 25.3 Å².